The van der Waals surface area contributed by atoms with Crippen LogP contribution in [-0.4, -0.2) is 59.0 Å². The second-order valence-electron chi connectivity index (χ2n) is 9.66. The topological polar surface area (TPSA) is 137 Å². The number of aromatic nitrogens is 2. The highest BCUT2D eigenvalue weighted by Crippen LogP contribution is 2.34. The number of hydrogen-bond donors (Lipinski definition) is 3. The molecule has 4 N–H and O–H groups in total. The van der Waals surface area contributed by atoms with Crippen LogP contribution in [0.2, 0.25) is 0 Å². The Morgan fingerprint density at radius 1 is 0.897 bits per heavy atom. The molecule has 2 aromatic heterocycles. The Morgan fingerprint density at radius 3 is 2.44 bits per heavy atom. The van der Waals surface area contributed by atoms with E-state index in [0.29, 0.717) is 45.3 Å². The van der Waals surface area contributed by atoms with E-state index in [-0.39, 0.29) is 6.16 Å². The molecule has 0 amide bonds. The molecule has 9 nitrogen and oxygen atoms in total. The number of pyridine rings is 2. The van der Waals surface area contributed by atoms with E-state index in [9.17, 15) is 4.57 Å². The smallest absolute Gasteiger partial charge is 0.325 e. The number of nitrogens with zero attached hydrogens (tertiary/aromatic N) is 2. The van der Waals surface area contributed by atoms with Crippen LogP contribution >= 0.6 is 7.60 Å². The highest BCUT2D eigenvalue weighted by atomic mass is 31.2. The van der Waals surface area contributed by atoms with Crippen LogP contribution in [0.15, 0.2) is 48.7 Å². The average Bonchev–Trinajstić information content (AvgIpc) is 2.88. The lowest BCUT2D eigenvalue weighted by Crippen LogP contribution is -2.11. The van der Waals surface area contributed by atoms with E-state index >= 15 is 0 Å². The first-order valence-electron chi connectivity index (χ1n) is 13.1. The van der Waals surface area contributed by atoms with E-state index in [1.165, 1.54) is 11.1 Å². The van der Waals surface area contributed by atoms with Crippen molar-refractivity contribution in [3.8, 4) is 5.75 Å². The molecule has 0 spiro atoms. The van der Waals surface area contributed by atoms with Gasteiger partial charge in [-0.15, -0.1) is 0 Å². The molecule has 0 aliphatic rings. The monoisotopic (exact) mass is 553 g/mol. The number of hydrogen-bond acceptors (Lipinski definition) is 7. The molecule has 2 aromatic carbocycles. The molecular weight excluding hydrogens is 517 g/mol. The number of ether oxygens (including phenoxy) is 3. The van der Waals surface area contributed by atoms with E-state index in [4.69, 9.17) is 29.7 Å². The standard InChI is InChI=1S/C29H36N3O6P/c1-20-4-9-25-26-18-22(19-31-28(26)29(30)32-27(25)16-20)5-6-23-7-8-24(17-21(23)2)38-14-13-37-12-11-36-10-3-15-39(33,34)35/h4,7-9,16-19H,3,5-6,10-15H2,1-2H3,(H2,30,32)(H2,33,34,35). The summed E-state index contributed by atoms with van der Waals surface area (Å²) in [5.74, 6) is 1.25. The molecule has 0 atom stereocenters. The highest BCUT2D eigenvalue weighted by Gasteiger charge is 2.12. The first-order chi connectivity index (χ1) is 18.7. The van der Waals surface area contributed by atoms with E-state index in [0.717, 1.165) is 51.5 Å². The van der Waals surface area contributed by atoms with Gasteiger partial charge in [0.25, 0.3) is 0 Å². The van der Waals surface area contributed by atoms with Crippen molar-refractivity contribution in [3.05, 3.63) is 70.9 Å². The lowest BCUT2D eigenvalue weighted by molar-refractivity contribution is 0.0365. The predicted molar refractivity (Wildman–Crippen MR) is 153 cm³/mol. The summed E-state index contributed by atoms with van der Waals surface area (Å²) in [6, 6.07) is 14.5. The minimum atomic E-state index is -3.95. The van der Waals surface area contributed by atoms with Gasteiger partial charge in [-0.1, -0.05) is 18.2 Å². The van der Waals surface area contributed by atoms with Crippen LogP contribution in [0, 0.1) is 13.8 Å². The summed E-state index contributed by atoms with van der Waals surface area (Å²) in [5, 5.41) is 2.09. The van der Waals surface area contributed by atoms with Crippen molar-refractivity contribution in [1.82, 2.24) is 9.97 Å². The summed E-state index contributed by atoms with van der Waals surface area (Å²) < 4.78 is 27.4. The zero-order chi connectivity index (χ0) is 27.8. The van der Waals surface area contributed by atoms with Crippen molar-refractivity contribution in [1.29, 1.82) is 0 Å². The third-order valence-corrected chi connectivity index (χ3v) is 7.37. The molecule has 0 saturated heterocycles. The third kappa shape index (κ3) is 8.46. The lowest BCUT2D eigenvalue weighted by Gasteiger charge is -2.12. The first kappa shape index (κ1) is 28.9. The zero-order valence-corrected chi connectivity index (χ0v) is 23.3. The summed E-state index contributed by atoms with van der Waals surface area (Å²) in [7, 11) is -3.95. The lowest BCUT2D eigenvalue weighted by atomic mass is 9.99. The van der Waals surface area contributed by atoms with Crippen molar-refractivity contribution in [2.24, 2.45) is 0 Å². The number of nitrogens with two attached hydrogens (primary N) is 1. The first-order valence-corrected chi connectivity index (χ1v) is 14.9. The Kier molecular flexibility index (Phi) is 9.88. The van der Waals surface area contributed by atoms with Crippen LogP contribution in [0.3, 0.4) is 0 Å². The SMILES string of the molecule is Cc1ccc2c(c1)nc(N)c1ncc(CCc3ccc(OCCOCCOCCCP(=O)(O)O)cc3C)cc12. The summed E-state index contributed by atoms with van der Waals surface area (Å²) in [6.45, 7) is 6.06. The van der Waals surface area contributed by atoms with Gasteiger partial charge in [0, 0.05) is 23.6 Å². The molecule has 39 heavy (non-hydrogen) atoms. The van der Waals surface area contributed by atoms with E-state index in [1.807, 2.05) is 31.3 Å². The fourth-order valence-corrected chi connectivity index (χ4v) is 4.97. The van der Waals surface area contributed by atoms with Gasteiger partial charge in [0.1, 0.15) is 17.9 Å². The van der Waals surface area contributed by atoms with Crippen molar-refractivity contribution < 1.29 is 28.6 Å². The van der Waals surface area contributed by atoms with E-state index < -0.39 is 7.60 Å². The molecule has 10 heteroatoms. The van der Waals surface area contributed by atoms with Gasteiger partial charge in [-0.05, 0) is 79.6 Å². The minimum absolute atomic E-state index is 0.162. The second kappa shape index (κ2) is 13.3. The Morgan fingerprint density at radius 2 is 1.67 bits per heavy atom. The summed E-state index contributed by atoms with van der Waals surface area (Å²) in [5.41, 5.74) is 12.5. The van der Waals surface area contributed by atoms with Gasteiger partial charge in [0.15, 0.2) is 5.82 Å². The number of fused-ring (bicyclic) bond motifs is 3. The van der Waals surface area contributed by atoms with Crippen LogP contribution < -0.4 is 10.5 Å². The normalized spacial score (nSPS) is 11.9. The fourth-order valence-electron chi connectivity index (χ4n) is 4.43. The maximum absolute atomic E-state index is 10.8. The van der Waals surface area contributed by atoms with Gasteiger partial charge in [-0.25, -0.2) is 4.98 Å². The predicted octanol–water partition coefficient (Wildman–Crippen LogP) is 4.75. The van der Waals surface area contributed by atoms with E-state index in [2.05, 4.69) is 41.2 Å². The van der Waals surface area contributed by atoms with Crippen LogP contribution in [0.5, 0.6) is 5.75 Å². The van der Waals surface area contributed by atoms with Gasteiger partial charge < -0.3 is 29.7 Å². The van der Waals surface area contributed by atoms with Crippen molar-refractivity contribution in [3.63, 3.8) is 0 Å². The Bertz CT molecular complexity index is 1470. The van der Waals surface area contributed by atoms with Crippen LogP contribution in [0.1, 0.15) is 28.7 Å². The van der Waals surface area contributed by atoms with Crippen LogP contribution in [0.4, 0.5) is 5.82 Å². The van der Waals surface area contributed by atoms with Gasteiger partial charge in [-0.3, -0.25) is 9.55 Å². The third-order valence-electron chi connectivity index (χ3n) is 6.47. The Hall–Kier alpha value is -3.07. The summed E-state index contributed by atoms with van der Waals surface area (Å²) in [6.07, 6.45) is 3.79. The minimum Gasteiger partial charge on any atom is -0.491 e. The Labute approximate surface area is 228 Å². The molecule has 4 rings (SSSR count). The molecule has 0 radical (unpaired) electrons. The molecule has 4 aromatic rings. The summed E-state index contributed by atoms with van der Waals surface area (Å²) >= 11 is 0. The van der Waals surface area contributed by atoms with Crippen molar-refractivity contribution in [2.45, 2.75) is 33.1 Å². The number of anilines is 1. The van der Waals surface area contributed by atoms with Gasteiger partial charge >= 0.3 is 7.60 Å². The molecule has 0 aliphatic heterocycles. The molecule has 0 aliphatic carbocycles. The summed E-state index contributed by atoms with van der Waals surface area (Å²) in [4.78, 5) is 26.8. The van der Waals surface area contributed by atoms with E-state index in [1.54, 1.807) is 0 Å². The number of nitrogen functional groups attached to an aromatic ring is 1. The van der Waals surface area contributed by atoms with Crippen molar-refractivity contribution >= 4 is 35.2 Å². The molecule has 0 saturated carbocycles. The maximum atomic E-state index is 10.8. The quantitative estimate of drug-likeness (QED) is 0.115. The molecule has 2 heterocycles. The fraction of sp³-hybridized carbons (Fsp3) is 0.379. The molecule has 0 unspecified atom stereocenters. The highest BCUT2D eigenvalue weighted by molar-refractivity contribution is 7.51. The van der Waals surface area contributed by atoms with Crippen LogP contribution in [-0.2, 0) is 26.9 Å². The van der Waals surface area contributed by atoms with Crippen molar-refractivity contribution in [2.75, 3.05) is 44.9 Å². The molecular formula is C29H36N3O6P. The Balaban J connectivity index is 1.23. The van der Waals surface area contributed by atoms with Gasteiger partial charge in [0.2, 0.25) is 0 Å². The zero-order valence-electron chi connectivity index (χ0n) is 22.4. The number of rotatable bonds is 14. The number of benzene rings is 2. The maximum Gasteiger partial charge on any atom is 0.325 e. The average molecular weight is 554 g/mol. The number of aryl methyl sites for hydroxylation is 4. The molecule has 0 bridgehead atoms. The van der Waals surface area contributed by atoms with Crippen LogP contribution in [0.25, 0.3) is 21.8 Å². The largest absolute Gasteiger partial charge is 0.491 e. The van der Waals surface area contributed by atoms with Gasteiger partial charge in [-0.2, -0.15) is 0 Å². The molecule has 0 fully saturated rings. The molecule has 208 valence electrons. The van der Waals surface area contributed by atoms with Gasteiger partial charge in [0.05, 0.1) is 31.5 Å². The second-order valence-corrected chi connectivity index (χ2v) is 11.4.